The normalized spacial score (nSPS) is 16.5. The zero-order chi connectivity index (χ0) is 22.7. The van der Waals surface area contributed by atoms with Crippen LogP contribution in [0.4, 0.5) is 10.5 Å². The molecule has 3 N–H and O–H groups in total. The van der Waals surface area contributed by atoms with Gasteiger partial charge >= 0.3 is 6.09 Å². The first-order chi connectivity index (χ1) is 14.8. The van der Waals surface area contributed by atoms with Gasteiger partial charge in [0, 0.05) is 64.6 Å². The lowest BCUT2D eigenvalue weighted by Gasteiger charge is -2.39. The van der Waals surface area contributed by atoms with Gasteiger partial charge in [0.25, 0.3) is 0 Å². The highest BCUT2D eigenvalue weighted by molar-refractivity contribution is 5.79. The maximum Gasteiger partial charge on any atom is 0.407 e. The fourth-order valence-electron chi connectivity index (χ4n) is 3.45. The van der Waals surface area contributed by atoms with Crippen LogP contribution in [0.5, 0.6) is 0 Å². The van der Waals surface area contributed by atoms with Crippen LogP contribution in [-0.2, 0) is 4.74 Å². The molecule has 8 heteroatoms. The highest BCUT2D eigenvalue weighted by atomic mass is 16.6. The summed E-state index contributed by atoms with van der Waals surface area (Å²) < 4.78 is 5.23. The molecule has 1 heterocycles. The van der Waals surface area contributed by atoms with Crippen LogP contribution < -0.4 is 20.9 Å². The van der Waals surface area contributed by atoms with Gasteiger partial charge in [0.2, 0.25) is 0 Å². The molecule has 1 unspecified atom stereocenters. The molecule has 1 aliphatic rings. The monoisotopic (exact) mass is 432 g/mol. The van der Waals surface area contributed by atoms with E-state index in [-0.39, 0.29) is 6.09 Å². The van der Waals surface area contributed by atoms with Crippen molar-refractivity contribution in [1.29, 1.82) is 0 Å². The van der Waals surface area contributed by atoms with Crippen LogP contribution in [0.1, 0.15) is 34.1 Å². The van der Waals surface area contributed by atoms with E-state index in [2.05, 4.69) is 68.0 Å². The maximum absolute atomic E-state index is 11.6. The van der Waals surface area contributed by atoms with Crippen LogP contribution >= 0.6 is 0 Å². The zero-order valence-electron chi connectivity index (χ0n) is 19.8. The number of alkyl carbamates (subject to hydrolysis) is 1. The van der Waals surface area contributed by atoms with Crippen LogP contribution in [0.25, 0.3) is 0 Å². The summed E-state index contributed by atoms with van der Waals surface area (Å²) >= 11 is 0. The molecule has 31 heavy (non-hydrogen) atoms. The van der Waals surface area contributed by atoms with Crippen molar-refractivity contribution in [2.45, 2.75) is 45.8 Å². The van der Waals surface area contributed by atoms with E-state index < -0.39 is 5.60 Å². The summed E-state index contributed by atoms with van der Waals surface area (Å²) in [6, 6.07) is 11.0. The number of hydrogen-bond acceptors (Lipinski definition) is 5. The molecule has 1 amide bonds. The zero-order valence-corrected chi connectivity index (χ0v) is 19.8. The summed E-state index contributed by atoms with van der Waals surface area (Å²) in [5, 5.41) is 9.48. The number of benzene rings is 1. The second-order valence-electron chi connectivity index (χ2n) is 8.87. The van der Waals surface area contributed by atoms with E-state index in [1.54, 1.807) is 7.05 Å². The van der Waals surface area contributed by atoms with Crippen molar-refractivity contribution in [2.24, 2.45) is 4.99 Å². The molecule has 174 valence electrons. The summed E-state index contributed by atoms with van der Waals surface area (Å²) in [5.74, 6) is 0.784. The number of carbonyl (C=O) groups excluding carboxylic acids is 1. The van der Waals surface area contributed by atoms with Crippen molar-refractivity contribution in [2.75, 3.05) is 57.8 Å². The number of guanidine groups is 1. The highest BCUT2D eigenvalue weighted by Gasteiger charge is 2.21. The number of nitrogens with one attached hydrogen (secondary N) is 3. The van der Waals surface area contributed by atoms with Gasteiger partial charge in [0.1, 0.15) is 5.60 Å². The Labute approximate surface area is 187 Å². The minimum absolute atomic E-state index is 0.379. The van der Waals surface area contributed by atoms with Crippen molar-refractivity contribution >= 4 is 17.7 Å². The first-order valence-electron chi connectivity index (χ1n) is 11.2. The average Bonchev–Trinajstić information content (AvgIpc) is 2.75. The molecular weight excluding hydrogens is 392 g/mol. The predicted molar refractivity (Wildman–Crippen MR) is 128 cm³/mol. The first-order valence-corrected chi connectivity index (χ1v) is 11.2. The van der Waals surface area contributed by atoms with E-state index in [4.69, 9.17) is 4.74 Å². The van der Waals surface area contributed by atoms with E-state index in [0.717, 1.165) is 51.6 Å². The molecule has 8 nitrogen and oxygen atoms in total. The van der Waals surface area contributed by atoms with Crippen LogP contribution in [0.3, 0.4) is 0 Å². The quantitative estimate of drug-likeness (QED) is 0.332. The summed E-state index contributed by atoms with van der Waals surface area (Å²) in [4.78, 5) is 20.9. The third-order valence-electron chi connectivity index (χ3n) is 5.16. The number of para-hydroxylation sites is 1. The minimum atomic E-state index is -0.473. The summed E-state index contributed by atoms with van der Waals surface area (Å²) in [6.45, 7) is 14.1. The number of hydrogen-bond donors (Lipinski definition) is 3. The van der Waals surface area contributed by atoms with Gasteiger partial charge in [-0.1, -0.05) is 18.2 Å². The van der Waals surface area contributed by atoms with Gasteiger partial charge in [0.05, 0.1) is 0 Å². The third kappa shape index (κ3) is 9.46. The summed E-state index contributed by atoms with van der Waals surface area (Å²) in [6.07, 6.45) is 0.410. The second kappa shape index (κ2) is 12.4. The molecular formula is C23H40N6O2. The van der Waals surface area contributed by atoms with Gasteiger partial charge in [-0.2, -0.15) is 0 Å². The molecule has 1 saturated heterocycles. The lowest BCUT2D eigenvalue weighted by atomic mass is 10.2. The Morgan fingerprint density at radius 1 is 1.06 bits per heavy atom. The third-order valence-corrected chi connectivity index (χ3v) is 5.16. The van der Waals surface area contributed by atoms with Crippen LogP contribution in [0.2, 0.25) is 0 Å². The molecule has 1 aliphatic heterocycles. The molecule has 0 spiro atoms. The first kappa shape index (κ1) is 24.8. The van der Waals surface area contributed by atoms with Gasteiger partial charge in [-0.25, -0.2) is 4.79 Å². The van der Waals surface area contributed by atoms with E-state index in [0.29, 0.717) is 12.6 Å². The Morgan fingerprint density at radius 3 is 2.32 bits per heavy atom. The number of anilines is 1. The minimum Gasteiger partial charge on any atom is -0.444 e. The smallest absolute Gasteiger partial charge is 0.407 e. The summed E-state index contributed by atoms with van der Waals surface area (Å²) in [5.41, 5.74) is 0.831. The fraction of sp³-hybridized carbons (Fsp3) is 0.652. The maximum atomic E-state index is 11.6. The number of rotatable bonds is 8. The number of nitrogens with zero attached hydrogens (tertiary/aromatic N) is 3. The van der Waals surface area contributed by atoms with E-state index in [1.165, 1.54) is 5.69 Å². The Morgan fingerprint density at radius 2 is 1.71 bits per heavy atom. The number of piperazine rings is 1. The molecule has 0 aromatic heterocycles. The Balaban J connectivity index is 1.60. The lowest BCUT2D eigenvalue weighted by molar-refractivity contribution is 0.0527. The molecule has 1 fully saturated rings. The van der Waals surface area contributed by atoms with Gasteiger partial charge in [-0.3, -0.25) is 9.89 Å². The van der Waals surface area contributed by atoms with Gasteiger partial charge in [0.15, 0.2) is 5.96 Å². The van der Waals surface area contributed by atoms with Crippen molar-refractivity contribution in [3.8, 4) is 0 Å². The van der Waals surface area contributed by atoms with E-state index in [9.17, 15) is 4.79 Å². The lowest BCUT2D eigenvalue weighted by Crippen LogP contribution is -2.53. The Bertz CT molecular complexity index is 681. The average molecular weight is 433 g/mol. The Kier molecular flexibility index (Phi) is 9.91. The van der Waals surface area contributed by atoms with Gasteiger partial charge < -0.3 is 25.6 Å². The molecule has 0 saturated carbocycles. The van der Waals surface area contributed by atoms with Crippen molar-refractivity contribution < 1.29 is 9.53 Å². The number of aliphatic imine (C=N–C) groups is 1. The highest BCUT2D eigenvalue weighted by Crippen LogP contribution is 2.16. The van der Waals surface area contributed by atoms with Crippen molar-refractivity contribution in [3.05, 3.63) is 30.3 Å². The summed E-state index contributed by atoms with van der Waals surface area (Å²) in [7, 11) is 1.78. The molecule has 1 atom stereocenters. The molecule has 1 aromatic carbocycles. The molecule has 0 aliphatic carbocycles. The largest absolute Gasteiger partial charge is 0.444 e. The molecule has 0 bridgehead atoms. The number of ether oxygens (including phenoxy) is 1. The standard InChI is InChI=1S/C23H40N6O2/c1-19(28-14-16-29(17-15-28)20-10-7-6-8-11-20)18-27-21(24-5)25-12-9-13-26-22(30)31-23(2,3)4/h6-8,10-11,19H,9,12-18H2,1-5H3,(H,26,30)(H2,24,25,27). The SMILES string of the molecule is CN=C(NCCCNC(=O)OC(C)(C)C)NCC(C)N1CCN(c2ccccc2)CC1. The predicted octanol–water partition coefficient (Wildman–Crippen LogP) is 2.28. The molecule has 0 radical (unpaired) electrons. The van der Waals surface area contributed by atoms with E-state index >= 15 is 0 Å². The fourth-order valence-corrected chi connectivity index (χ4v) is 3.45. The number of amides is 1. The second-order valence-corrected chi connectivity index (χ2v) is 8.87. The topological polar surface area (TPSA) is 81.2 Å². The van der Waals surface area contributed by atoms with Crippen molar-refractivity contribution in [3.63, 3.8) is 0 Å². The van der Waals surface area contributed by atoms with Crippen LogP contribution in [-0.4, -0.2) is 81.5 Å². The van der Waals surface area contributed by atoms with Gasteiger partial charge in [-0.05, 0) is 46.2 Å². The van der Waals surface area contributed by atoms with E-state index in [1.807, 2.05) is 20.8 Å². The van der Waals surface area contributed by atoms with Crippen LogP contribution in [0, 0.1) is 0 Å². The number of carbonyl (C=O) groups is 1. The van der Waals surface area contributed by atoms with Crippen molar-refractivity contribution in [1.82, 2.24) is 20.9 Å². The van der Waals surface area contributed by atoms with Gasteiger partial charge in [-0.15, -0.1) is 0 Å². The molecule has 1 aromatic rings. The van der Waals surface area contributed by atoms with Crippen LogP contribution in [0.15, 0.2) is 35.3 Å². The Hall–Kier alpha value is -2.48. The molecule has 2 rings (SSSR count).